The number of hydrogen-bond donors (Lipinski definition) is 0. The van der Waals surface area contributed by atoms with Gasteiger partial charge in [0.25, 0.3) is 0 Å². The highest BCUT2D eigenvalue weighted by Gasteiger charge is 2.25. The normalized spacial score (nSPS) is 14.1. The third-order valence-electron chi connectivity index (χ3n) is 3.22. The summed E-state index contributed by atoms with van der Waals surface area (Å²) < 4.78 is 5.18. The minimum absolute atomic E-state index is 0.125. The standard InChI is InChI=1S/C14H26O3/c1-5-7-8-9-10-17-14(16)12(4)11(3)13(15)6-2/h11-12H,5-10H2,1-4H3. The molecule has 0 radical (unpaired) electrons. The Kier molecular flexibility index (Phi) is 8.73. The summed E-state index contributed by atoms with van der Waals surface area (Å²) in [6, 6.07) is 0. The van der Waals surface area contributed by atoms with E-state index in [2.05, 4.69) is 6.92 Å². The van der Waals surface area contributed by atoms with E-state index in [1.165, 1.54) is 12.8 Å². The van der Waals surface area contributed by atoms with Crippen molar-refractivity contribution in [2.75, 3.05) is 6.61 Å². The minimum Gasteiger partial charge on any atom is -0.465 e. The van der Waals surface area contributed by atoms with Crippen molar-refractivity contribution in [3.05, 3.63) is 0 Å². The van der Waals surface area contributed by atoms with E-state index in [0.717, 1.165) is 12.8 Å². The van der Waals surface area contributed by atoms with Crippen LogP contribution in [-0.4, -0.2) is 18.4 Å². The van der Waals surface area contributed by atoms with Crippen LogP contribution in [-0.2, 0) is 14.3 Å². The first-order valence-corrected chi connectivity index (χ1v) is 6.73. The summed E-state index contributed by atoms with van der Waals surface area (Å²) in [5.41, 5.74) is 0. The van der Waals surface area contributed by atoms with Crippen LogP contribution in [0.3, 0.4) is 0 Å². The van der Waals surface area contributed by atoms with E-state index in [-0.39, 0.29) is 23.6 Å². The first-order valence-electron chi connectivity index (χ1n) is 6.73. The molecule has 17 heavy (non-hydrogen) atoms. The molecule has 0 amide bonds. The Hall–Kier alpha value is -0.860. The van der Waals surface area contributed by atoms with Crippen LogP contribution in [0.1, 0.15) is 59.8 Å². The molecule has 0 aromatic rings. The van der Waals surface area contributed by atoms with Gasteiger partial charge in [0.05, 0.1) is 12.5 Å². The molecule has 0 bridgehead atoms. The lowest BCUT2D eigenvalue weighted by atomic mass is 9.91. The number of carbonyl (C=O) groups is 2. The minimum atomic E-state index is -0.325. The van der Waals surface area contributed by atoms with Crippen LogP contribution >= 0.6 is 0 Å². The second-order valence-corrected chi connectivity index (χ2v) is 4.63. The average Bonchev–Trinajstić information content (AvgIpc) is 2.35. The van der Waals surface area contributed by atoms with Gasteiger partial charge in [-0.3, -0.25) is 9.59 Å². The Labute approximate surface area is 105 Å². The zero-order chi connectivity index (χ0) is 13.3. The highest BCUT2D eigenvalue weighted by Crippen LogP contribution is 2.15. The predicted octanol–water partition coefficient (Wildman–Crippen LogP) is 3.36. The molecule has 100 valence electrons. The zero-order valence-corrected chi connectivity index (χ0v) is 11.6. The van der Waals surface area contributed by atoms with Gasteiger partial charge in [-0.05, 0) is 6.42 Å². The van der Waals surface area contributed by atoms with Gasteiger partial charge in [-0.15, -0.1) is 0 Å². The second kappa shape index (κ2) is 9.20. The quantitative estimate of drug-likeness (QED) is 0.460. The van der Waals surface area contributed by atoms with E-state index in [1.807, 2.05) is 6.92 Å². The number of ketones is 1. The number of unbranched alkanes of at least 4 members (excludes halogenated alkanes) is 3. The number of rotatable bonds is 9. The first kappa shape index (κ1) is 16.1. The molecule has 0 aliphatic carbocycles. The van der Waals surface area contributed by atoms with E-state index in [0.29, 0.717) is 13.0 Å². The number of Topliss-reactive ketones (excluding diaryl/α,β-unsaturated/α-hetero) is 1. The van der Waals surface area contributed by atoms with E-state index >= 15 is 0 Å². The molecule has 0 saturated carbocycles. The van der Waals surface area contributed by atoms with Gasteiger partial charge < -0.3 is 4.74 Å². The summed E-state index contributed by atoms with van der Waals surface area (Å²) in [4.78, 5) is 23.1. The number of esters is 1. The highest BCUT2D eigenvalue weighted by atomic mass is 16.5. The molecule has 0 spiro atoms. The van der Waals surface area contributed by atoms with Crippen molar-refractivity contribution in [1.82, 2.24) is 0 Å². The maximum Gasteiger partial charge on any atom is 0.309 e. The molecule has 0 fully saturated rings. The smallest absolute Gasteiger partial charge is 0.309 e. The molecule has 0 heterocycles. The van der Waals surface area contributed by atoms with Crippen molar-refractivity contribution in [2.24, 2.45) is 11.8 Å². The molecule has 0 saturated heterocycles. The Morgan fingerprint density at radius 3 is 2.18 bits per heavy atom. The fraction of sp³-hybridized carbons (Fsp3) is 0.857. The van der Waals surface area contributed by atoms with E-state index in [4.69, 9.17) is 4.74 Å². The molecule has 3 nitrogen and oxygen atoms in total. The molecule has 0 rings (SSSR count). The van der Waals surface area contributed by atoms with Crippen molar-refractivity contribution in [3.8, 4) is 0 Å². The van der Waals surface area contributed by atoms with Gasteiger partial charge in [0.1, 0.15) is 5.78 Å². The summed E-state index contributed by atoms with van der Waals surface area (Å²) in [6.07, 6.45) is 4.85. The average molecular weight is 242 g/mol. The van der Waals surface area contributed by atoms with Crippen molar-refractivity contribution in [2.45, 2.75) is 59.8 Å². The molecule has 3 heteroatoms. The van der Waals surface area contributed by atoms with Gasteiger partial charge in [0.15, 0.2) is 0 Å². The SMILES string of the molecule is CCCCCCOC(=O)C(C)C(C)C(=O)CC. The fourth-order valence-electron chi connectivity index (χ4n) is 1.64. The van der Waals surface area contributed by atoms with Crippen LogP contribution in [0.25, 0.3) is 0 Å². The van der Waals surface area contributed by atoms with Crippen LogP contribution in [0.4, 0.5) is 0 Å². The van der Waals surface area contributed by atoms with Gasteiger partial charge in [-0.1, -0.05) is 47.0 Å². The summed E-state index contributed by atoms with van der Waals surface area (Å²) in [7, 11) is 0. The van der Waals surface area contributed by atoms with Crippen LogP contribution < -0.4 is 0 Å². The zero-order valence-electron chi connectivity index (χ0n) is 11.6. The van der Waals surface area contributed by atoms with Crippen molar-refractivity contribution in [1.29, 1.82) is 0 Å². The number of carbonyl (C=O) groups excluding carboxylic acids is 2. The molecule has 0 N–H and O–H groups in total. The van der Waals surface area contributed by atoms with Crippen LogP contribution in [0.15, 0.2) is 0 Å². The molecule has 2 unspecified atom stereocenters. The Morgan fingerprint density at radius 1 is 1.00 bits per heavy atom. The maximum atomic E-state index is 11.7. The Bertz CT molecular complexity index is 236. The lowest BCUT2D eigenvalue weighted by molar-refractivity contribution is -0.151. The first-order chi connectivity index (χ1) is 8.04. The number of ether oxygens (including phenoxy) is 1. The van der Waals surface area contributed by atoms with Crippen molar-refractivity contribution < 1.29 is 14.3 Å². The highest BCUT2D eigenvalue weighted by molar-refractivity contribution is 5.86. The van der Waals surface area contributed by atoms with Crippen LogP contribution in [0.5, 0.6) is 0 Å². The monoisotopic (exact) mass is 242 g/mol. The largest absolute Gasteiger partial charge is 0.465 e. The van der Waals surface area contributed by atoms with Gasteiger partial charge >= 0.3 is 5.97 Å². The third kappa shape index (κ3) is 6.44. The molecule has 0 aromatic heterocycles. The molecule has 0 aliphatic rings. The van der Waals surface area contributed by atoms with Gasteiger partial charge in [-0.25, -0.2) is 0 Å². The molecular weight excluding hydrogens is 216 g/mol. The van der Waals surface area contributed by atoms with Crippen molar-refractivity contribution in [3.63, 3.8) is 0 Å². The van der Waals surface area contributed by atoms with Crippen LogP contribution in [0, 0.1) is 11.8 Å². The summed E-state index contributed by atoms with van der Waals surface area (Å²) >= 11 is 0. The lowest BCUT2D eigenvalue weighted by Crippen LogP contribution is -2.27. The molecule has 0 aromatic carbocycles. The maximum absolute atomic E-state index is 11.7. The predicted molar refractivity (Wildman–Crippen MR) is 68.7 cm³/mol. The van der Waals surface area contributed by atoms with E-state index in [1.54, 1.807) is 13.8 Å². The van der Waals surface area contributed by atoms with Crippen LogP contribution in [0.2, 0.25) is 0 Å². The summed E-state index contributed by atoms with van der Waals surface area (Å²) in [5.74, 6) is -0.673. The summed E-state index contributed by atoms with van der Waals surface area (Å²) in [5, 5.41) is 0. The third-order valence-corrected chi connectivity index (χ3v) is 3.22. The lowest BCUT2D eigenvalue weighted by Gasteiger charge is -2.17. The Morgan fingerprint density at radius 2 is 1.65 bits per heavy atom. The molecular formula is C14H26O3. The second-order valence-electron chi connectivity index (χ2n) is 4.63. The number of hydrogen-bond acceptors (Lipinski definition) is 3. The fourth-order valence-corrected chi connectivity index (χ4v) is 1.64. The molecule has 0 aliphatic heterocycles. The molecule has 2 atom stereocenters. The van der Waals surface area contributed by atoms with Gasteiger partial charge in [0.2, 0.25) is 0 Å². The topological polar surface area (TPSA) is 43.4 Å². The van der Waals surface area contributed by atoms with E-state index < -0.39 is 0 Å². The van der Waals surface area contributed by atoms with Gasteiger partial charge in [0, 0.05) is 12.3 Å². The van der Waals surface area contributed by atoms with Crippen molar-refractivity contribution >= 4 is 11.8 Å². The van der Waals surface area contributed by atoms with E-state index in [9.17, 15) is 9.59 Å². The summed E-state index contributed by atoms with van der Waals surface area (Å²) in [6.45, 7) is 8.02. The Balaban J connectivity index is 3.85. The van der Waals surface area contributed by atoms with Gasteiger partial charge in [-0.2, -0.15) is 0 Å².